The van der Waals surface area contributed by atoms with Crippen LogP contribution in [0.3, 0.4) is 0 Å². The summed E-state index contributed by atoms with van der Waals surface area (Å²) in [6.45, 7) is -0.136. The minimum absolute atomic E-state index is 0.118. The highest BCUT2D eigenvalue weighted by Gasteiger charge is 2.32. The predicted molar refractivity (Wildman–Crippen MR) is 96.4 cm³/mol. The maximum absolute atomic E-state index is 12.9. The van der Waals surface area contributed by atoms with Crippen LogP contribution in [0, 0.1) is 10.1 Å². The van der Waals surface area contributed by atoms with Gasteiger partial charge in [-0.15, -0.1) is 0 Å². The van der Waals surface area contributed by atoms with Gasteiger partial charge in [0.05, 0.1) is 22.0 Å². The molecule has 0 unspecified atom stereocenters. The average molecular weight is 391 g/mol. The van der Waals surface area contributed by atoms with Crippen molar-refractivity contribution in [2.24, 2.45) is 0 Å². The molecule has 11 nitrogen and oxygen atoms in total. The lowest BCUT2D eigenvalue weighted by Crippen LogP contribution is -2.26. The second-order valence-electron chi connectivity index (χ2n) is 6.19. The summed E-state index contributed by atoms with van der Waals surface area (Å²) in [6.07, 6.45) is 0. The molecule has 0 saturated carbocycles. The van der Waals surface area contributed by atoms with Crippen LogP contribution >= 0.6 is 0 Å². The molecule has 0 fully saturated rings. The Hall–Kier alpha value is -4.41. The minimum atomic E-state index is -0.667. The quantitative estimate of drug-likeness (QED) is 0.291. The Morgan fingerprint density at radius 2 is 1.86 bits per heavy atom. The number of cyclic esters (lactones) is 1. The monoisotopic (exact) mass is 391 g/mol. The number of hydrogen-bond donors (Lipinski definition) is 0. The van der Waals surface area contributed by atoms with Gasteiger partial charge in [0.15, 0.2) is 0 Å². The zero-order valence-electron chi connectivity index (χ0n) is 14.4. The van der Waals surface area contributed by atoms with Crippen molar-refractivity contribution < 1.29 is 19.1 Å². The summed E-state index contributed by atoms with van der Waals surface area (Å²) < 4.78 is 11.1. The van der Waals surface area contributed by atoms with Gasteiger partial charge < -0.3 is 4.74 Å². The molecular weight excluding hydrogens is 382 g/mol. The normalized spacial score (nSPS) is 12.8. The number of nitrogens with zero attached hydrogens (tertiary/aromatic N) is 5. The minimum Gasteiger partial charge on any atom is -0.456 e. The van der Waals surface area contributed by atoms with Crippen LogP contribution in [-0.4, -0.2) is 30.8 Å². The van der Waals surface area contributed by atoms with E-state index in [4.69, 9.17) is 9.37 Å². The van der Waals surface area contributed by atoms with Gasteiger partial charge in [-0.05, 0) is 28.5 Å². The van der Waals surface area contributed by atoms with Crippen molar-refractivity contribution in [1.82, 2.24) is 19.9 Å². The van der Waals surface area contributed by atoms with E-state index in [-0.39, 0.29) is 23.6 Å². The lowest BCUT2D eigenvalue weighted by Gasteiger charge is -2.12. The molecule has 0 aliphatic carbocycles. The van der Waals surface area contributed by atoms with Crippen molar-refractivity contribution in [1.29, 1.82) is 0 Å². The smallest absolute Gasteiger partial charge is 0.353 e. The lowest BCUT2D eigenvalue weighted by atomic mass is 10.0. The molecule has 1 aliphatic heterocycles. The van der Waals surface area contributed by atoms with E-state index in [1.165, 1.54) is 28.8 Å². The highest BCUT2D eigenvalue weighted by Crippen LogP contribution is 2.33. The van der Waals surface area contributed by atoms with Gasteiger partial charge in [0.2, 0.25) is 0 Å². The molecule has 2 aromatic heterocycles. The second kappa shape index (κ2) is 6.05. The fourth-order valence-corrected chi connectivity index (χ4v) is 3.30. The highest BCUT2D eigenvalue weighted by atomic mass is 16.6. The molecule has 0 N–H and O–H groups in total. The van der Waals surface area contributed by atoms with Crippen LogP contribution in [0.4, 0.5) is 5.69 Å². The third-order valence-electron chi connectivity index (χ3n) is 4.60. The molecule has 142 valence electrons. The zero-order valence-corrected chi connectivity index (χ0v) is 14.4. The van der Waals surface area contributed by atoms with Crippen molar-refractivity contribution >= 4 is 22.7 Å². The van der Waals surface area contributed by atoms with Crippen LogP contribution in [0.25, 0.3) is 28.0 Å². The number of nitro benzene ring substituents is 1. The molecule has 4 aromatic rings. The third kappa shape index (κ3) is 2.48. The molecule has 29 heavy (non-hydrogen) atoms. The van der Waals surface area contributed by atoms with Crippen molar-refractivity contribution in [3.63, 3.8) is 0 Å². The molecule has 3 heterocycles. The van der Waals surface area contributed by atoms with E-state index in [9.17, 15) is 19.7 Å². The number of fused-ring (bicyclic) bond motifs is 2. The van der Waals surface area contributed by atoms with E-state index < -0.39 is 16.6 Å². The zero-order chi connectivity index (χ0) is 20.1. The standard InChI is InChI=1S/C18H9N5O6/c24-17-14-13(8-28-17)22(9-4-6-10(7-5-9)23(26)27)18(25)19-16(14)11-2-1-3-12-15(11)21-29-20-12/h1-7H,8H2. The van der Waals surface area contributed by atoms with Crippen molar-refractivity contribution in [3.8, 4) is 16.9 Å². The molecular formula is C18H9N5O6. The summed E-state index contributed by atoms with van der Waals surface area (Å²) in [5.74, 6) is -0.633. The lowest BCUT2D eigenvalue weighted by molar-refractivity contribution is -0.384. The first-order valence-electron chi connectivity index (χ1n) is 8.34. The number of rotatable bonds is 3. The number of esters is 1. The Kier molecular flexibility index (Phi) is 3.50. The summed E-state index contributed by atoms with van der Waals surface area (Å²) in [6, 6.07) is 10.3. The van der Waals surface area contributed by atoms with Gasteiger partial charge in [-0.3, -0.25) is 14.7 Å². The molecule has 1 aliphatic rings. The first-order chi connectivity index (χ1) is 14.0. The van der Waals surface area contributed by atoms with E-state index in [0.717, 1.165) is 0 Å². The number of carbonyl (C=O) groups excluding carboxylic acids is 1. The Morgan fingerprint density at radius 1 is 1.07 bits per heavy atom. The summed E-state index contributed by atoms with van der Waals surface area (Å²) in [7, 11) is 0. The molecule has 0 saturated heterocycles. The SMILES string of the molecule is O=C1OCc2c1c(-c1cccc3nonc13)nc(=O)n2-c1ccc([N+](=O)[O-])cc1. The maximum atomic E-state index is 12.9. The Morgan fingerprint density at radius 3 is 2.62 bits per heavy atom. The first kappa shape index (κ1) is 16.7. The van der Waals surface area contributed by atoms with Gasteiger partial charge in [-0.1, -0.05) is 12.1 Å². The van der Waals surface area contributed by atoms with Gasteiger partial charge >= 0.3 is 11.7 Å². The van der Waals surface area contributed by atoms with Crippen LogP contribution in [0.15, 0.2) is 51.9 Å². The van der Waals surface area contributed by atoms with E-state index in [2.05, 4.69) is 15.3 Å². The number of non-ortho nitro benzene ring substituents is 1. The third-order valence-corrected chi connectivity index (χ3v) is 4.60. The number of ether oxygens (including phenoxy) is 1. The molecule has 0 radical (unpaired) electrons. The predicted octanol–water partition coefficient (Wildman–Crippen LogP) is 2.01. The van der Waals surface area contributed by atoms with E-state index >= 15 is 0 Å². The fraction of sp³-hybridized carbons (Fsp3) is 0.0556. The number of aromatic nitrogens is 4. The van der Waals surface area contributed by atoms with Gasteiger partial charge in [0, 0.05) is 17.7 Å². The second-order valence-corrected chi connectivity index (χ2v) is 6.19. The van der Waals surface area contributed by atoms with Gasteiger partial charge in [0.25, 0.3) is 5.69 Å². The van der Waals surface area contributed by atoms with Crippen LogP contribution in [-0.2, 0) is 11.3 Å². The number of hydrogen-bond acceptors (Lipinski definition) is 9. The van der Waals surface area contributed by atoms with Crippen molar-refractivity contribution in [3.05, 3.63) is 74.3 Å². The summed E-state index contributed by atoms with van der Waals surface area (Å²) in [5, 5.41) is 18.5. The van der Waals surface area contributed by atoms with E-state index in [0.29, 0.717) is 28.0 Å². The van der Waals surface area contributed by atoms with Gasteiger partial charge in [0.1, 0.15) is 23.2 Å². The maximum Gasteiger partial charge on any atom is 0.353 e. The average Bonchev–Trinajstić information content (AvgIpc) is 3.34. The Labute approximate surface area is 160 Å². The van der Waals surface area contributed by atoms with Crippen LogP contribution in [0.2, 0.25) is 0 Å². The van der Waals surface area contributed by atoms with Gasteiger partial charge in [-0.2, -0.15) is 4.98 Å². The largest absolute Gasteiger partial charge is 0.456 e. The molecule has 2 aromatic carbocycles. The van der Waals surface area contributed by atoms with Crippen molar-refractivity contribution in [2.45, 2.75) is 6.61 Å². The molecule has 0 amide bonds. The molecule has 5 rings (SSSR count). The van der Waals surface area contributed by atoms with Crippen molar-refractivity contribution in [2.75, 3.05) is 0 Å². The summed E-state index contributed by atoms with van der Waals surface area (Å²) in [4.78, 5) is 39.7. The Bertz CT molecular complexity index is 1370. The molecule has 0 bridgehead atoms. The number of benzene rings is 2. The summed E-state index contributed by atoms with van der Waals surface area (Å²) >= 11 is 0. The summed E-state index contributed by atoms with van der Waals surface area (Å²) in [5.41, 5.74) is 1.29. The molecule has 0 atom stereocenters. The molecule has 11 heteroatoms. The first-order valence-corrected chi connectivity index (χ1v) is 8.34. The number of nitro groups is 1. The van der Waals surface area contributed by atoms with Crippen LogP contribution in [0.5, 0.6) is 0 Å². The van der Waals surface area contributed by atoms with Gasteiger partial charge in [-0.25, -0.2) is 14.2 Å². The van der Waals surface area contributed by atoms with Crippen LogP contribution < -0.4 is 5.69 Å². The van der Waals surface area contributed by atoms with Crippen LogP contribution in [0.1, 0.15) is 16.1 Å². The topological polar surface area (TPSA) is 143 Å². The van der Waals surface area contributed by atoms with E-state index in [1.54, 1.807) is 18.2 Å². The Balaban J connectivity index is 1.77. The number of carbonyl (C=O) groups is 1. The van der Waals surface area contributed by atoms with E-state index in [1.807, 2.05) is 0 Å². The molecule has 0 spiro atoms. The fourth-order valence-electron chi connectivity index (χ4n) is 3.30. The highest BCUT2D eigenvalue weighted by molar-refractivity contribution is 6.02.